The van der Waals surface area contributed by atoms with Crippen molar-refractivity contribution in [3.05, 3.63) is 101 Å². The molecule has 2 aliphatic heterocycles. The Bertz CT molecular complexity index is 1350. The summed E-state index contributed by atoms with van der Waals surface area (Å²) in [5, 5.41) is 21.0. The first-order chi connectivity index (χ1) is 16.0. The minimum absolute atomic E-state index is 0.108. The summed E-state index contributed by atoms with van der Waals surface area (Å²) in [5.74, 6) is -0.746. The molecule has 0 bridgehead atoms. The van der Waals surface area contributed by atoms with E-state index in [0.29, 0.717) is 5.56 Å². The molecule has 1 fully saturated rings. The lowest BCUT2D eigenvalue weighted by Gasteiger charge is -2.34. The van der Waals surface area contributed by atoms with Crippen LogP contribution in [0.2, 0.25) is 0 Å². The quantitative estimate of drug-likeness (QED) is 0.547. The number of carbonyl (C=O) groups is 1. The van der Waals surface area contributed by atoms with Crippen LogP contribution in [0.1, 0.15) is 38.7 Å². The normalized spacial score (nSPS) is 22.1. The molecule has 1 saturated heterocycles. The summed E-state index contributed by atoms with van der Waals surface area (Å²) in [6.45, 7) is 3.99. The van der Waals surface area contributed by atoms with Crippen molar-refractivity contribution in [1.82, 2.24) is 4.98 Å². The fourth-order valence-electron chi connectivity index (χ4n) is 5.41. The molecule has 3 aromatic rings. The van der Waals surface area contributed by atoms with Gasteiger partial charge in [-0.25, -0.2) is 0 Å². The number of Topliss-reactive ketones (excluding diaryl/α,β-unsaturated/α-hetero) is 1. The van der Waals surface area contributed by atoms with E-state index in [1.54, 1.807) is 18.3 Å². The monoisotopic (exact) mass is 430 g/mol. The number of hydrogen-bond donors (Lipinski definition) is 0. The van der Waals surface area contributed by atoms with Gasteiger partial charge in [-0.1, -0.05) is 60.2 Å². The van der Waals surface area contributed by atoms with Crippen molar-refractivity contribution >= 4 is 17.5 Å². The molecule has 3 atom stereocenters. The highest BCUT2D eigenvalue weighted by atomic mass is 16.1. The van der Waals surface area contributed by atoms with Crippen molar-refractivity contribution in [3.8, 4) is 12.1 Å². The molecule has 0 unspecified atom stereocenters. The van der Waals surface area contributed by atoms with E-state index in [4.69, 9.17) is 0 Å². The molecule has 0 N–H and O–H groups in total. The van der Waals surface area contributed by atoms with Crippen molar-refractivity contribution in [3.63, 3.8) is 0 Å². The highest BCUT2D eigenvalue weighted by Gasteiger charge is 2.63. The van der Waals surface area contributed by atoms with E-state index in [2.05, 4.69) is 17.1 Å². The minimum atomic E-state index is -1.45. The molecule has 0 amide bonds. The van der Waals surface area contributed by atoms with Gasteiger partial charge in [0.05, 0.1) is 29.6 Å². The maximum absolute atomic E-state index is 14.1. The first-order valence-electron chi connectivity index (χ1n) is 10.9. The number of aryl methyl sites for hydroxylation is 2. The Kier molecular flexibility index (Phi) is 4.84. The predicted molar refractivity (Wildman–Crippen MR) is 126 cm³/mol. The number of anilines is 1. The van der Waals surface area contributed by atoms with Gasteiger partial charge in [0, 0.05) is 17.7 Å². The van der Waals surface area contributed by atoms with Gasteiger partial charge in [0.15, 0.2) is 11.2 Å². The maximum atomic E-state index is 14.1. The third kappa shape index (κ3) is 2.97. The zero-order valence-corrected chi connectivity index (χ0v) is 18.4. The van der Waals surface area contributed by atoms with Crippen molar-refractivity contribution in [2.24, 2.45) is 5.41 Å². The zero-order valence-electron chi connectivity index (χ0n) is 18.4. The maximum Gasteiger partial charge on any atom is 0.185 e. The van der Waals surface area contributed by atoms with Crippen LogP contribution in [-0.4, -0.2) is 22.9 Å². The van der Waals surface area contributed by atoms with Gasteiger partial charge < -0.3 is 4.90 Å². The van der Waals surface area contributed by atoms with Crippen LogP contribution in [0.25, 0.3) is 6.08 Å². The number of ketones is 1. The highest BCUT2D eigenvalue weighted by Crippen LogP contribution is 2.55. The summed E-state index contributed by atoms with van der Waals surface area (Å²) in [5.41, 5.74) is 3.52. The molecule has 0 spiro atoms. The number of carbonyl (C=O) groups excluding carboxylic acids is 1. The van der Waals surface area contributed by atoms with Crippen molar-refractivity contribution < 1.29 is 4.79 Å². The molecule has 0 radical (unpaired) electrons. The van der Waals surface area contributed by atoms with Gasteiger partial charge in [-0.15, -0.1) is 0 Å². The van der Waals surface area contributed by atoms with Crippen molar-refractivity contribution in [2.75, 3.05) is 4.90 Å². The summed E-state index contributed by atoms with van der Waals surface area (Å²) in [4.78, 5) is 20.5. The van der Waals surface area contributed by atoms with E-state index in [0.717, 1.165) is 28.1 Å². The van der Waals surface area contributed by atoms with Gasteiger partial charge in [-0.2, -0.15) is 10.5 Å². The van der Waals surface area contributed by atoms with Crippen LogP contribution in [0, 0.1) is 41.9 Å². The van der Waals surface area contributed by atoms with Crippen molar-refractivity contribution in [1.29, 1.82) is 10.5 Å². The minimum Gasteiger partial charge on any atom is -0.349 e. The average Bonchev–Trinajstić information content (AvgIpc) is 3.15. The Labute approximate surface area is 193 Å². The Morgan fingerprint density at radius 3 is 2.48 bits per heavy atom. The van der Waals surface area contributed by atoms with Gasteiger partial charge >= 0.3 is 0 Å². The summed E-state index contributed by atoms with van der Waals surface area (Å²) in [7, 11) is 0. The Hall–Kier alpha value is -4.22. The topological polar surface area (TPSA) is 80.8 Å². The lowest BCUT2D eigenvalue weighted by molar-refractivity contribution is 0.0951. The van der Waals surface area contributed by atoms with Gasteiger partial charge in [0.25, 0.3) is 0 Å². The molecular formula is C28H22N4O. The molecule has 2 aromatic carbocycles. The molecule has 2 aliphatic rings. The molecular weight excluding hydrogens is 408 g/mol. The summed E-state index contributed by atoms with van der Waals surface area (Å²) >= 11 is 0. The fraction of sp³-hybridized carbons (Fsp3) is 0.214. The number of hydrogen-bond acceptors (Lipinski definition) is 5. The SMILES string of the molecule is Cc1ccc([C@H]2[C@H](C(=O)c3ccccc3)N3c4cccnc4C=C[C@H]3C2(C#N)C#N)c(C)c1. The molecule has 1 aromatic heterocycles. The van der Waals surface area contributed by atoms with Crippen LogP contribution in [0.5, 0.6) is 0 Å². The molecule has 0 aliphatic carbocycles. The third-order valence-electron chi connectivity index (χ3n) is 6.86. The lowest BCUT2D eigenvalue weighted by Crippen LogP contribution is -2.44. The van der Waals surface area contributed by atoms with E-state index in [-0.39, 0.29) is 5.78 Å². The molecule has 3 heterocycles. The van der Waals surface area contributed by atoms with Crippen LogP contribution in [0.3, 0.4) is 0 Å². The van der Waals surface area contributed by atoms with Crippen LogP contribution in [0.15, 0.2) is 72.9 Å². The molecule has 5 rings (SSSR count). The number of fused-ring (bicyclic) bond motifs is 3. The summed E-state index contributed by atoms with van der Waals surface area (Å²) in [6.07, 6.45) is 5.42. The zero-order chi connectivity index (χ0) is 23.2. The largest absolute Gasteiger partial charge is 0.349 e. The third-order valence-corrected chi connectivity index (χ3v) is 6.86. The van der Waals surface area contributed by atoms with Crippen LogP contribution < -0.4 is 4.90 Å². The number of nitriles is 2. The highest BCUT2D eigenvalue weighted by molar-refractivity contribution is 6.04. The molecule has 160 valence electrons. The fourth-order valence-corrected chi connectivity index (χ4v) is 5.41. The van der Waals surface area contributed by atoms with E-state index >= 15 is 0 Å². The smallest absolute Gasteiger partial charge is 0.185 e. The van der Waals surface area contributed by atoms with E-state index < -0.39 is 23.4 Å². The summed E-state index contributed by atoms with van der Waals surface area (Å²) < 4.78 is 0. The number of benzene rings is 2. The van der Waals surface area contributed by atoms with Crippen LogP contribution >= 0.6 is 0 Å². The average molecular weight is 431 g/mol. The molecule has 5 nitrogen and oxygen atoms in total. The van der Waals surface area contributed by atoms with E-state index in [1.807, 2.05) is 79.4 Å². The molecule has 0 saturated carbocycles. The first-order valence-corrected chi connectivity index (χ1v) is 10.9. The van der Waals surface area contributed by atoms with Crippen molar-refractivity contribution in [2.45, 2.75) is 31.8 Å². The van der Waals surface area contributed by atoms with Gasteiger partial charge in [-0.3, -0.25) is 9.78 Å². The van der Waals surface area contributed by atoms with Gasteiger partial charge in [0.2, 0.25) is 0 Å². The number of rotatable bonds is 3. The number of aromatic nitrogens is 1. The second kappa shape index (κ2) is 7.73. The first kappa shape index (κ1) is 20.7. The Morgan fingerprint density at radius 1 is 1.03 bits per heavy atom. The van der Waals surface area contributed by atoms with E-state index in [1.165, 1.54) is 0 Å². The lowest BCUT2D eigenvalue weighted by atomic mass is 9.68. The van der Waals surface area contributed by atoms with Gasteiger partial charge in [-0.05, 0) is 43.2 Å². The Balaban J connectivity index is 1.81. The number of nitrogens with zero attached hydrogens (tertiary/aromatic N) is 4. The van der Waals surface area contributed by atoms with Crippen LogP contribution in [-0.2, 0) is 0 Å². The number of pyridine rings is 1. The van der Waals surface area contributed by atoms with Crippen LogP contribution in [0.4, 0.5) is 5.69 Å². The molecule has 5 heteroatoms. The second-order valence-electron chi connectivity index (χ2n) is 8.72. The Morgan fingerprint density at radius 2 is 1.79 bits per heavy atom. The molecule has 33 heavy (non-hydrogen) atoms. The standard InChI is InChI=1S/C28H22N4O/c1-18-10-11-21(19(2)15-18)25-26(27(33)20-7-4-3-5-8-20)32-23-9-6-14-31-22(23)12-13-24(32)28(25,16-29)17-30/h3-15,24-26H,1-2H3/t24-,25-,26+/m0/s1. The summed E-state index contributed by atoms with van der Waals surface area (Å²) in [6, 6.07) is 22.2. The second-order valence-corrected chi connectivity index (χ2v) is 8.72. The van der Waals surface area contributed by atoms with E-state index in [9.17, 15) is 15.3 Å². The van der Waals surface area contributed by atoms with Gasteiger partial charge in [0.1, 0.15) is 6.04 Å². The predicted octanol–water partition coefficient (Wildman–Crippen LogP) is 4.98.